The molecule has 0 rings (SSSR count). The molecule has 0 radical (unpaired) electrons. The second-order valence-electron chi connectivity index (χ2n) is 6.63. The summed E-state index contributed by atoms with van der Waals surface area (Å²) >= 11 is 0. The fraction of sp³-hybridized carbons (Fsp3) is 1.00. The average molecular weight is 226 g/mol. The Morgan fingerprint density at radius 2 is 1.38 bits per heavy atom. The van der Waals surface area contributed by atoms with Crippen LogP contribution in [0.1, 0.15) is 74.7 Å². The maximum atomic E-state index is 2.51. The average Bonchev–Trinajstić information content (AvgIpc) is 2.17. The second-order valence-corrected chi connectivity index (χ2v) is 6.63. The molecule has 3 unspecified atom stereocenters. The molecule has 0 saturated heterocycles. The maximum Gasteiger partial charge on any atom is -0.0295 e. The Morgan fingerprint density at radius 3 is 1.62 bits per heavy atom. The van der Waals surface area contributed by atoms with Gasteiger partial charge >= 0.3 is 0 Å². The molecular weight excluding hydrogens is 192 g/mol. The molecule has 98 valence electrons. The molecule has 0 saturated carbocycles. The third-order valence-corrected chi connectivity index (χ3v) is 4.77. The smallest absolute Gasteiger partial charge is 0.0295 e. The molecule has 0 aromatic rings. The van der Waals surface area contributed by atoms with E-state index in [4.69, 9.17) is 0 Å². The summed E-state index contributed by atoms with van der Waals surface area (Å²) in [4.78, 5) is 0. The first-order valence-electron chi connectivity index (χ1n) is 7.30. The van der Waals surface area contributed by atoms with Crippen LogP contribution in [0.4, 0.5) is 0 Å². The topological polar surface area (TPSA) is 0 Å². The van der Waals surface area contributed by atoms with Crippen molar-refractivity contribution in [3.8, 4) is 0 Å². The molecule has 0 nitrogen and oxygen atoms in total. The lowest BCUT2D eigenvalue weighted by molar-refractivity contribution is 0.0455. The minimum Gasteiger partial charge on any atom is -0.0654 e. The largest absolute Gasteiger partial charge is 0.0654 e. The normalized spacial score (nSPS) is 19.9. The van der Waals surface area contributed by atoms with Gasteiger partial charge in [-0.15, -0.1) is 0 Å². The summed E-state index contributed by atoms with van der Waals surface area (Å²) in [5, 5.41) is 0. The third kappa shape index (κ3) is 3.79. The minimum absolute atomic E-state index is 0.534. The summed E-state index contributed by atoms with van der Waals surface area (Å²) in [5.74, 6) is 3.29. The van der Waals surface area contributed by atoms with Gasteiger partial charge in [-0.2, -0.15) is 0 Å². The predicted molar refractivity (Wildman–Crippen MR) is 75.6 cm³/mol. The van der Waals surface area contributed by atoms with Crippen LogP contribution in [-0.4, -0.2) is 0 Å². The first-order chi connectivity index (χ1) is 7.30. The highest BCUT2D eigenvalue weighted by atomic mass is 14.4. The zero-order valence-electron chi connectivity index (χ0n) is 12.9. The van der Waals surface area contributed by atoms with Crippen LogP contribution in [0.3, 0.4) is 0 Å². The molecular formula is C16H34. The predicted octanol–water partition coefficient (Wildman–Crippen LogP) is 5.77. The lowest BCUT2D eigenvalue weighted by atomic mass is 9.61. The van der Waals surface area contributed by atoms with Gasteiger partial charge in [0.25, 0.3) is 0 Å². The molecule has 0 bridgehead atoms. The molecule has 0 aromatic carbocycles. The van der Waals surface area contributed by atoms with Crippen molar-refractivity contribution in [3.63, 3.8) is 0 Å². The summed E-state index contributed by atoms with van der Waals surface area (Å²) in [7, 11) is 0. The Kier molecular flexibility index (Phi) is 6.67. The van der Waals surface area contributed by atoms with Crippen molar-refractivity contribution in [1.29, 1.82) is 0 Å². The Morgan fingerprint density at radius 1 is 0.875 bits per heavy atom. The van der Waals surface area contributed by atoms with Crippen LogP contribution in [0, 0.1) is 29.1 Å². The summed E-state index contributed by atoms with van der Waals surface area (Å²) in [6.45, 7) is 19.2. The van der Waals surface area contributed by atoms with Crippen LogP contribution in [0.2, 0.25) is 0 Å². The Hall–Kier alpha value is 0. The van der Waals surface area contributed by atoms with Gasteiger partial charge in [0, 0.05) is 0 Å². The van der Waals surface area contributed by atoms with Crippen LogP contribution in [-0.2, 0) is 0 Å². The van der Waals surface area contributed by atoms with E-state index in [0.717, 1.165) is 23.7 Å². The van der Waals surface area contributed by atoms with Gasteiger partial charge in [-0.3, -0.25) is 0 Å². The Balaban J connectivity index is 5.00. The number of hydrogen-bond donors (Lipinski definition) is 0. The van der Waals surface area contributed by atoms with Crippen LogP contribution < -0.4 is 0 Å². The van der Waals surface area contributed by atoms with E-state index in [1.165, 1.54) is 19.3 Å². The highest BCUT2D eigenvalue weighted by molar-refractivity contribution is 4.87. The molecule has 3 atom stereocenters. The minimum atomic E-state index is 0.534. The zero-order valence-corrected chi connectivity index (χ0v) is 12.9. The quantitative estimate of drug-likeness (QED) is 0.517. The van der Waals surface area contributed by atoms with E-state index in [2.05, 4.69) is 55.4 Å². The lowest BCUT2D eigenvalue weighted by Crippen LogP contribution is -2.37. The van der Waals surface area contributed by atoms with Crippen LogP contribution in [0.5, 0.6) is 0 Å². The van der Waals surface area contributed by atoms with Crippen molar-refractivity contribution >= 4 is 0 Å². The highest BCUT2D eigenvalue weighted by Gasteiger charge is 2.38. The third-order valence-electron chi connectivity index (χ3n) is 4.77. The second kappa shape index (κ2) is 6.67. The first-order valence-corrected chi connectivity index (χ1v) is 7.30. The summed E-state index contributed by atoms with van der Waals surface area (Å²) in [6.07, 6.45) is 4.02. The summed E-state index contributed by atoms with van der Waals surface area (Å²) in [5.41, 5.74) is 0.534. The van der Waals surface area contributed by atoms with E-state index < -0.39 is 0 Å². The standard InChI is InChI=1S/C16H34/c1-9-11-16(8,10-2)15(13(5)6)14(7)12(3)4/h12-15H,9-11H2,1-8H3. The van der Waals surface area contributed by atoms with Crippen molar-refractivity contribution in [2.75, 3.05) is 0 Å². The summed E-state index contributed by atoms with van der Waals surface area (Å²) < 4.78 is 0. The first kappa shape index (κ1) is 16.0. The molecule has 0 fully saturated rings. The lowest BCUT2D eigenvalue weighted by Gasteiger charge is -2.45. The molecule has 0 heteroatoms. The molecule has 16 heavy (non-hydrogen) atoms. The van der Waals surface area contributed by atoms with E-state index in [1.54, 1.807) is 0 Å². The highest BCUT2D eigenvalue weighted by Crippen LogP contribution is 2.46. The molecule has 0 N–H and O–H groups in total. The van der Waals surface area contributed by atoms with Crippen molar-refractivity contribution in [3.05, 3.63) is 0 Å². The SMILES string of the molecule is CCCC(C)(CC)C(C(C)C)C(C)C(C)C. The van der Waals surface area contributed by atoms with Gasteiger partial charge in [0.1, 0.15) is 0 Å². The van der Waals surface area contributed by atoms with Gasteiger partial charge in [0.15, 0.2) is 0 Å². The van der Waals surface area contributed by atoms with Gasteiger partial charge in [0.2, 0.25) is 0 Å². The Labute approximate surface area is 104 Å². The van der Waals surface area contributed by atoms with Gasteiger partial charge in [-0.05, 0) is 35.5 Å². The van der Waals surface area contributed by atoms with Crippen molar-refractivity contribution in [2.24, 2.45) is 29.1 Å². The molecule has 0 amide bonds. The van der Waals surface area contributed by atoms with Crippen molar-refractivity contribution < 1.29 is 0 Å². The van der Waals surface area contributed by atoms with Crippen LogP contribution in [0.15, 0.2) is 0 Å². The fourth-order valence-corrected chi connectivity index (χ4v) is 3.61. The van der Waals surface area contributed by atoms with Gasteiger partial charge in [-0.1, -0.05) is 68.2 Å². The van der Waals surface area contributed by atoms with E-state index in [-0.39, 0.29) is 0 Å². The maximum absolute atomic E-state index is 2.51. The number of rotatable bonds is 7. The molecule has 0 aliphatic rings. The van der Waals surface area contributed by atoms with Gasteiger partial charge in [-0.25, -0.2) is 0 Å². The van der Waals surface area contributed by atoms with Gasteiger partial charge in [0.05, 0.1) is 0 Å². The molecule has 0 aromatic heterocycles. The van der Waals surface area contributed by atoms with Crippen LogP contribution >= 0.6 is 0 Å². The zero-order chi connectivity index (χ0) is 12.9. The van der Waals surface area contributed by atoms with E-state index >= 15 is 0 Å². The van der Waals surface area contributed by atoms with Gasteiger partial charge < -0.3 is 0 Å². The fourth-order valence-electron chi connectivity index (χ4n) is 3.61. The number of hydrogen-bond acceptors (Lipinski definition) is 0. The molecule has 0 aliphatic carbocycles. The molecule has 0 spiro atoms. The van der Waals surface area contributed by atoms with E-state index in [1.807, 2.05) is 0 Å². The molecule has 0 aliphatic heterocycles. The monoisotopic (exact) mass is 226 g/mol. The van der Waals surface area contributed by atoms with E-state index in [9.17, 15) is 0 Å². The Bertz CT molecular complexity index is 180. The van der Waals surface area contributed by atoms with Crippen molar-refractivity contribution in [1.82, 2.24) is 0 Å². The summed E-state index contributed by atoms with van der Waals surface area (Å²) in [6, 6.07) is 0. The molecule has 0 heterocycles. The van der Waals surface area contributed by atoms with Crippen LogP contribution in [0.25, 0.3) is 0 Å². The van der Waals surface area contributed by atoms with Crippen molar-refractivity contribution in [2.45, 2.75) is 74.7 Å². The van der Waals surface area contributed by atoms with E-state index in [0.29, 0.717) is 5.41 Å².